The van der Waals surface area contributed by atoms with Crippen molar-refractivity contribution in [2.24, 2.45) is 5.41 Å². The maximum absolute atomic E-state index is 12.2. The minimum atomic E-state index is -3.52. The fourth-order valence-corrected chi connectivity index (χ4v) is 5.98. The van der Waals surface area contributed by atoms with Crippen LogP contribution in [-0.4, -0.2) is 59.6 Å². The number of hydrogen-bond acceptors (Lipinski definition) is 6. The number of nitrogens with zero attached hydrogens (tertiary/aromatic N) is 5. The second-order valence-corrected chi connectivity index (χ2v) is 11.4. The largest absolute Gasteiger partial charge is 0.447 e. The molecule has 0 N–H and O–H groups in total. The van der Waals surface area contributed by atoms with E-state index in [0.29, 0.717) is 23.6 Å². The third-order valence-corrected chi connectivity index (χ3v) is 8.93. The van der Waals surface area contributed by atoms with Gasteiger partial charge in [0, 0.05) is 33.0 Å². The second-order valence-electron chi connectivity index (χ2n) is 9.34. The first-order valence-electron chi connectivity index (χ1n) is 11.0. The summed E-state index contributed by atoms with van der Waals surface area (Å²) in [4.78, 5) is 2.37. The van der Waals surface area contributed by atoms with Crippen LogP contribution in [0.1, 0.15) is 61.9 Å². The van der Waals surface area contributed by atoms with Crippen LogP contribution in [0, 0.1) is 5.41 Å². The van der Waals surface area contributed by atoms with Gasteiger partial charge in [-0.25, -0.2) is 12.7 Å². The third kappa shape index (κ3) is 3.50. The number of piperidine rings is 1. The van der Waals surface area contributed by atoms with E-state index in [4.69, 9.17) is 4.42 Å². The van der Waals surface area contributed by atoms with Gasteiger partial charge in [0.05, 0.1) is 6.54 Å². The van der Waals surface area contributed by atoms with Gasteiger partial charge in [0.1, 0.15) is 17.4 Å². The van der Waals surface area contributed by atoms with Crippen molar-refractivity contribution in [1.29, 1.82) is 0 Å². The maximum atomic E-state index is 12.2. The Morgan fingerprint density at radius 2 is 1.93 bits per heavy atom. The van der Waals surface area contributed by atoms with E-state index < -0.39 is 10.0 Å². The summed E-state index contributed by atoms with van der Waals surface area (Å²) in [5.41, 5.74) is 0.384. The van der Waals surface area contributed by atoms with Crippen LogP contribution >= 0.6 is 0 Å². The van der Waals surface area contributed by atoms with Gasteiger partial charge in [-0.3, -0.25) is 4.90 Å². The first-order chi connectivity index (χ1) is 14.4. The smallest absolute Gasteiger partial charge is 0.275 e. The number of furan rings is 1. The van der Waals surface area contributed by atoms with Gasteiger partial charge in [0.15, 0.2) is 0 Å². The molecule has 3 aliphatic rings. The molecule has 2 aromatic heterocycles. The summed E-state index contributed by atoms with van der Waals surface area (Å²) < 4.78 is 33.6. The average molecular weight is 434 g/mol. The Kier molecular flexibility index (Phi) is 5.02. The molecule has 1 aliphatic carbocycles. The molecule has 0 radical (unpaired) electrons. The molecule has 2 aliphatic heterocycles. The highest BCUT2D eigenvalue weighted by molar-refractivity contribution is 7.88. The van der Waals surface area contributed by atoms with Gasteiger partial charge >= 0.3 is 0 Å². The number of likely N-dealkylation sites (tertiary alicyclic amines) is 1. The molecule has 2 aromatic rings. The molecule has 164 valence electrons. The molecule has 0 unspecified atom stereocenters. The van der Waals surface area contributed by atoms with Gasteiger partial charge in [-0.2, -0.15) is 0 Å². The Morgan fingerprint density at radius 3 is 2.70 bits per heavy atom. The molecule has 1 saturated heterocycles. The Morgan fingerprint density at radius 1 is 1.13 bits per heavy atom. The molecule has 4 heterocycles. The predicted octanol–water partition coefficient (Wildman–Crippen LogP) is 2.62. The van der Waals surface area contributed by atoms with Crippen molar-refractivity contribution < 1.29 is 12.8 Å². The van der Waals surface area contributed by atoms with Gasteiger partial charge in [0.2, 0.25) is 5.09 Å². The van der Waals surface area contributed by atoms with E-state index in [9.17, 15) is 8.42 Å². The van der Waals surface area contributed by atoms with Crippen molar-refractivity contribution in [3.63, 3.8) is 0 Å². The normalized spacial score (nSPS) is 24.2. The topological polar surface area (TPSA) is 84.5 Å². The number of sulfonamides is 1. The van der Waals surface area contributed by atoms with Crippen LogP contribution in [0.5, 0.6) is 0 Å². The Bertz CT molecular complexity index is 1020. The summed E-state index contributed by atoms with van der Waals surface area (Å²) in [5, 5.41) is 9.12. The lowest BCUT2D eigenvalue weighted by atomic mass is 9.90. The van der Waals surface area contributed by atoms with Crippen molar-refractivity contribution in [1.82, 2.24) is 24.0 Å². The molecule has 30 heavy (non-hydrogen) atoms. The van der Waals surface area contributed by atoms with E-state index in [2.05, 4.69) is 19.7 Å². The SMILES string of the molecule is CN(C)S(=O)(=O)c1ccc(CN2CCC3(CC2)C[C@@H]3c2nnc3n2CCCCC3)o1. The lowest BCUT2D eigenvalue weighted by Crippen LogP contribution is -2.34. The van der Waals surface area contributed by atoms with Gasteiger partial charge in [-0.05, 0) is 62.7 Å². The summed E-state index contributed by atoms with van der Waals surface area (Å²) in [6, 6.07) is 3.34. The van der Waals surface area contributed by atoms with E-state index in [1.165, 1.54) is 55.7 Å². The molecule has 1 saturated carbocycles. The summed E-state index contributed by atoms with van der Waals surface area (Å²) in [6.45, 7) is 3.75. The van der Waals surface area contributed by atoms with E-state index in [1.54, 1.807) is 12.1 Å². The van der Waals surface area contributed by atoms with Gasteiger partial charge in [-0.1, -0.05) is 6.42 Å². The Hall–Kier alpha value is -1.71. The zero-order valence-corrected chi connectivity index (χ0v) is 18.7. The highest BCUT2D eigenvalue weighted by Crippen LogP contribution is 2.64. The van der Waals surface area contributed by atoms with E-state index >= 15 is 0 Å². The quantitative estimate of drug-likeness (QED) is 0.721. The highest BCUT2D eigenvalue weighted by Gasteiger charge is 2.57. The molecule has 2 fully saturated rings. The molecule has 1 spiro atoms. The fourth-order valence-electron chi connectivity index (χ4n) is 5.17. The van der Waals surface area contributed by atoms with Crippen LogP contribution in [0.3, 0.4) is 0 Å². The number of aryl methyl sites for hydroxylation is 1. The minimum Gasteiger partial charge on any atom is -0.447 e. The predicted molar refractivity (Wildman–Crippen MR) is 111 cm³/mol. The standard InChI is InChI=1S/C21H31N5O3S/c1-24(2)30(27,28)19-8-7-16(29-19)15-25-12-9-21(10-13-25)14-17(21)20-23-22-18-6-4-3-5-11-26(18)20/h7-8,17H,3-6,9-15H2,1-2H3/t17-/m1/s1. The van der Waals surface area contributed by atoms with Crippen LogP contribution in [-0.2, 0) is 29.5 Å². The Labute approximate surface area is 178 Å². The van der Waals surface area contributed by atoms with Crippen molar-refractivity contribution in [2.45, 2.75) is 69.0 Å². The molecule has 0 aromatic carbocycles. The first kappa shape index (κ1) is 20.2. The minimum absolute atomic E-state index is 0.0192. The van der Waals surface area contributed by atoms with E-state index in [-0.39, 0.29) is 5.09 Å². The zero-order chi connectivity index (χ0) is 20.9. The van der Waals surface area contributed by atoms with Crippen LogP contribution in [0.25, 0.3) is 0 Å². The Balaban J connectivity index is 1.20. The maximum Gasteiger partial charge on any atom is 0.275 e. The highest BCUT2D eigenvalue weighted by atomic mass is 32.2. The number of hydrogen-bond donors (Lipinski definition) is 0. The summed E-state index contributed by atoms with van der Waals surface area (Å²) in [5.74, 6) is 3.68. The van der Waals surface area contributed by atoms with Gasteiger partial charge in [0.25, 0.3) is 10.0 Å². The molecule has 0 amide bonds. The molecule has 5 rings (SSSR count). The van der Waals surface area contributed by atoms with Crippen LogP contribution in [0.4, 0.5) is 0 Å². The van der Waals surface area contributed by atoms with Gasteiger partial charge in [-0.15, -0.1) is 10.2 Å². The molecule has 1 atom stereocenters. The summed E-state index contributed by atoms with van der Waals surface area (Å²) in [7, 11) is -0.484. The van der Waals surface area contributed by atoms with Crippen LogP contribution in [0.2, 0.25) is 0 Å². The fraction of sp³-hybridized carbons (Fsp3) is 0.714. The van der Waals surface area contributed by atoms with Crippen molar-refractivity contribution in [3.05, 3.63) is 29.5 Å². The molecular weight excluding hydrogens is 402 g/mol. The van der Waals surface area contributed by atoms with Crippen LogP contribution < -0.4 is 0 Å². The number of fused-ring (bicyclic) bond motifs is 1. The second kappa shape index (κ2) is 7.46. The van der Waals surface area contributed by atoms with Crippen molar-refractivity contribution >= 4 is 10.0 Å². The van der Waals surface area contributed by atoms with Crippen molar-refractivity contribution in [3.8, 4) is 0 Å². The zero-order valence-electron chi connectivity index (χ0n) is 17.9. The van der Waals surface area contributed by atoms with Crippen LogP contribution in [0.15, 0.2) is 21.6 Å². The molecule has 8 nitrogen and oxygen atoms in total. The first-order valence-corrected chi connectivity index (χ1v) is 12.5. The molecule has 9 heteroatoms. The molecular formula is C21H31N5O3S. The average Bonchev–Trinajstić information content (AvgIpc) is 3.06. The van der Waals surface area contributed by atoms with E-state index in [1.807, 2.05) is 0 Å². The number of aromatic nitrogens is 3. The van der Waals surface area contributed by atoms with Gasteiger partial charge < -0.3 is 8.98 Å². The summed E-state index contributed by atoms with van der Waals surface area (Å²) in [6.07, 6.45) is 8.36. The van der Waals surface area contributed by atoms with E-state index in [0.717, 1.165) is 38.9 Å². The number of rotatable bonds is 5. The van der Waals surface area contributed by atoms with Crippen molar-refractivity contribution in [2.75, 3.05) is 27.2 Å². The third-order valence-electron chi connectivity index (χ3n) is 7.24. The molecule has 0 bridgehead atoms. The lowest BCUT2D eigenvalue weighted by molar-refractivity contribution is 0.149. The lowest BCUT2D eigenvalue weighted by Gasteiger charge is -2.32. The summed E-state index contributed by atoms with van der Waals surface area (Å²) >= 11 is 0. The monoisotopic (exact) mass is 433 g/mol.